The molecular weight excluding hydrogens is 340 g/mol. The van der Waals surface area contributed by atoms with Gasteiger partial charge in [-0.15, -0.1) is 0 Å². The van der Waals surface area contributed by atoms with Crippen LogP contribution in [0.3, 0.4) is 0 Å². The van der Waals surface area contributed by atoms with Crippen LogP contribution in [0.25, 0.3) is 6.08 Å². The Morgan fingerprint density at radius 2 is 1.81 bits per heavy atom. The van der Waals surface area contributed by atoms with Gasteiger partial charge in [-0.25, -0.2) is 4.99 Å². The van der Waals surface area contributed by atoms with Gasteiger partial charge in [0.05, 0.1) is 24.8 Å². The predicted octanol–water partition coefficient (Wildman–Crippen LogP) is 1.62. The van der Waals surface area contributed by atoms with Gasteiger partial charge in [0.2, 0.25) is 5.91 Å². The van der Waals surface area contributed by atoms with E-state index in [9.17, 15) is 9.59 Å². The molecule has 5 heteroatoms. The number of amides is 2. The highest BCUT2D eigenvalue weighted by Gasteiger charge is 2.19. The van der Waals surface area contributed by atoms with Crippen LogP contribution in [-0.4, -0.2) is 25.5 Å². The summed E-state index contributed by atoms with van der Waals surface area (Å²) in [5, 5.41) is 4.70. The Balaban J connectivity index is 1.58. The number of carbonyl (C=O) groups excluding carboxylic acids is 2. The van der Waals surface area contributed by atoms with Gasteiger partial charge in [-0.3, -0.25) is 9.59 Å². The van der Waals surface area contributed by atoms with Crippen LogP contribution in [0, 0.1) is 19.8 Å². The van der Waals surface area contributed by atoms with Gasteiger partial charge in [0.25, 0.3) is 5.91 Å². The number of nitrogens with zero attached hydrogens (tertiary/aromatic N) is 1. The minimum absolute atomic E-state index is 0.0622. The second-order valence-electron chi connectivity index (χ2n) is 6.85. The van der Waals surface area contributed by atoms with Crippen LogP contribution in [0.2, 0.25) is 0 Å². The number of benzene rings is 2. The van der Waals surface area contributed by atoms with Gasteiger partial charge in [0.15, 0.2) is 0 Å². The van der Waals surface area contributed by atoms with E-state index in [1.807, 2.05) is 56.3 Å². The molecule has 3 rings (SSSR count). The third-order valence-electron chi connectivity index (χ3n) is 4.85. The van der Waals surface area contributed by atoms with Gasteiger partial charge in [-0.1, -0.05) is 30.3 Å². The number of nitrogens with one attached hydrogen (secondary N) is 1. The molecule has 0 saturated heterocycles. The summed E-state index contributed by atoms with van der Waals surface area (Å²) in [5.41, 5.74) is 3.04. The van der Waals surface area contributed by atoms with E-state index in [-0.39, 0.29) is 17.7 Å². The third kappa shape index (κ3) is 4.42. The SMILES string of the molecule is COc1ccc(CC(=O)NCCC2C=c3c(C)ccc(C)c3=NC2=O)cc1. The first kappa shape index (κ1) is 18.8. The van der Waals surface area contributed by atoms with Crippen LogP contribution in [-0.2, 0) is 16.0 Å². The largest absolute Gasteiger partial charge is 0.497 e. The normalized spacial score (nSPS) is 15.4. The summed E-state index contributed by atoms with van der Waals surface area (Å²) in [5.74, 6) is 0.271. The van der Waals surface area contributed by atoms with Crippen LogP contribution in [0.5, 0.6) is 5.75 Å². The standard InChI is InChI=1S/C22H24N2O3/c1-14-4-5-15(2)21-19(14)13-17(22(26)24-21)10-11-23-20(25)12-16-6-8-18(27-3)9-7-16/h4-9,13,17H,10-12H2,1-3H3,(H,23,25). The van der Waals surface area contributed by atoms with Crippen molar-refractivity contribution in [2.45, 2.75) is 26.7 Å². The number of carbonyl (C=O) groups is 2. The van der Waals surface area contributed by atoms with Crippen molar-refractivity contribution in [2.24, 2.45) is 10.9 Å². The summed E-state index contributed by atoms with van der Waals surface area (Å²) in [7, 11) is 1.61. The minimum atomic E-state index is -0.292. The van der Waals surface area contributed by atoms with E-state index in [4.69, 9.17) is 4.74 Å². The fraction of sp³-hybridized carbons (Fsp3) is 0.318. The smallest absolute Gasteiger partial charge is 0.253 e. The van der Waals surface area contributed by atoms with Crippen LogP contribution >= 0.6 is 0 Å². The molecule has 5 nitrogen and oxygen atoms in total. The summed E-state index contributed by atoms with van der Waals surface area (Å²) in [4.78, 5) is 28.7. The molecule has 0 saturated carbocycles. The Bertz CT molecular complexity index is 978. The molecule has 1 heterocycles. The van der Waals surface area contributed by atoms with Crippen LogP contribution in [0.15, 0.2) is 41.4 Å². The van der Waals surface area contributed by atoms with Crippen molar-refractivity contribution in [3.8, 4) is 5.75 Å². The molecule has 0 spiro atoms. The highest BCUT2D eigenvalue weighted by Crippen LogP contribution is 2.12. The van der Waals surface area contributed by atoms with Crippen molar-refractivity contribution in [1.82, 2.24) is 5.32 Å². The molecule has 0 radical (unpaired) electrons. The van der Waals surface area contributed by atoms with E-state index in [1.165, 1.54) is 0 Å². The minimum Gasteiger partial charge on any atom is -0.497 e. The fourth-order valence-corrected chi connectivity index (χ4v) is 3.21. The number of hydrogen-bond donors (Lipinski definition) is 1. The van der Waals surface area contributed by atoms with Gasteiger partial charge in [-0.05, 0) is 49.1 Å². The second kappa shape index (κ2) is 8.16. The Hall–Kier alpha value is -2.95. The molecule has 0 aromatic heterocycles. The van der Waals surface area contributed by atoms with E-state index in [2.05, 4.69) is 10.3 Å². The molecule has 1 aliphatic heterocycles. The zero-order valence-corrected chi connectivity index (χ0v) is 15.9. The van der Waals surface area contributed by atoms with Crippen LogP contribution in [0.4, 0.5) is 0 Å². The maximum atomic E-state index is 12.3. The number of hydrogen-bond acceptors (Lipinski definition) is 3. The second-order valence-corrected chi connectivity index (χ2v) is 6.85. The predicted molar refractivity (Wildman–Crippen MR) is 104 cm³/mol. The Morgan fingerprint density at radius 3 is 2.52 bits per heavy atom. The van der Waals surface area contributed by atoms with E-state index < -0.39 is 0 Å². The zero-order valence-electron chi connectivity index (χ0n) is 15.9. The number of aryl methyl sites for hydroxylation is 2. The van der Waals surface area contributed by atoms with E-state index in [1.54, 1.807) is 7.11 Å². The first-order valence-corrected chi connectivity index (χ1v) is 9.08. The molecule has 0 fully saturated rings. The molecular formula is C22H24N2O3. The van der Waals surface area contributed by atoms with Gasteiger partial charge in [0, 0.05) is 11.8 Å². The number of ether oxygens (including phenoxy) is 1. The molecule has 2 aromatic carbocycles. The summed E-state index contributed by atoms with van der Waals surface area (Å²) in [6.07, 6.45) is 2.84. The molecule has 2 amide bonds. The first-order chi connectivity index (χ1) is 13.0. The van der Waals surface area contributed by atoms with Gasteiger partial charge in [-0.2, -0.15) is 0 Å². The van der Waals surface area contributed by atoms with Gasteiger partial charge >= 0.3 is 0 Å². The van der Waals surface area contributed by atoms with Crippen LogP contribution in [0.1, 0.15) is 23.1 Å². The molecule has 2 aromatic rings. The molecule has 0 bridgehead atoms. The fourth-order valence-electron chi connectivity index (χ4n) is 3.21. The molecule has 140 valence electrons. The van der Waals surface area contributed by atoms with Crippen molar-refractivity contribution >= 4 is 17.9 Å². The van der Waals surface area contributed by atoms with Crippen molar-refractivity contribution in [3.63, 3.8) is 0 Å². The monoisotopic (exact) mass is 364 g/mol. The maximum Gasteiger partial charge on any atom is 0.253 e. The summed E-state index contributed by atoms with van der Waals surface area (Å²) in [6, 6.07) is 11.4. The van der Waals surface area contributed by atoms with E-state index in [0.717, 1.165) is 33.0 Å². The Morgan fingerprint density at radius 1 is 1.11 bits per heavy atom. The molecule has 27 heavy (non-hydrogen) atoms. The molecule has 1 atom stereocenters. The van der Waals surface area contributed by atoms with Crippen molar-refractivity contribution < 1.29 is 14.3 Å². The summed E-state index contributed by atoms with van der Waals surface area (Å²) in [6.45, 7) is 4.42. The average molecular weight is 364 g/mol. The highest BCUT2D eigenvalue weighted by atomic mass is 16.5. The number of fused-ring (bicyclic) bond motifs is 1. The third-order valence-corrected chi connectivity index (χ3v) is 4.85. The summed E-state index contributed by atoms with van der Waals surface area (Å²) >= 11 is 0. The van der Waals surface area contributed by atoms with Gasteiger partial charge in [0.1, 0.15) is 5.75 Å². The van der Waals surface area contributed by atoms with Crippen molar-refractivity contribution in [3.05, 3.63) is 63.7 Å². The maximum absolute atomic E-state index is 12.3. The lowest BCUT2D eigenvalue weighted by Crippen LogP contribution is -2.38. The number of rotatable bonds is 6. The van der Waals surface area contributed by atoms with Crippen molar-refractivity contribution in [2.75, 3.05) is 13.7 Å². The molecule has 1 N–H and O–H groups in total. The molecule has 1 unspecified atom stereocenters. The Kier molecular flexibility index (Phi) is 5.69. The highest BCUT2D eigenvalue weighted by molar-refractivity contribution is 5.86. The summed E-state index contributed by atoms with van der Waals surface area (Å²) < 4.78 is 5.11. The topological polar surface area (TPSA) is 67.8 Å². The zero-order chi connectivity index (χ0) is 19.4. The van der Waals surface area contributed by atoms with Crippen LogP contribution < -0.4 is 20.6 Å². The quantitative estimate of drug-likeness (QED) is 0.847. The van der Waals surface area contributed by atoms with E-state index in [0.29, 0.717) is 19.4 Å². The lowest BCUT2D eigenvalue weighted by molar-refractivity contribution is -0.122. The lowest BCUT2D eigenvalue weighted by atomic mass is 9.97. The Labute approximate surface area is 158 Å². The number of methoxy groups -OCH3 is 1. The average Bonchev–Trinajstić information content (AvgIpc) is 2.66. The van der Waals surface area contributed by atoms with Crippen molar-refractivity contribution in [1.29, 1.82) is 0 Å². The molecule has 1 aliphatic rings. The first-order valence-electron chi connectivity index (χ1n) is 9.08. The van der Waals surface area contributed by atoms with Gasteiger partial charge < -0.3 is 10.1 Å². The molecule has 0 aliphatic carbocycles. The van der Waals surface area contributed by atoms with E-state index >= 15 is 0 Å². The lowest BCUT2D eigenvalue weighted by Gasteiger charge is -2.14.